The molecule has 2 N–H and O–H groups in total. The first-order valence-corrected chi connectivity index (χ1v) is 6.00. The van der Waals surface area contributed by atoms with Crippen molar-refractivity contribution < 1.29 is 14.7 Å². The molecule has 16 heavy (non-hydrogen) atoms. The van der Waals surface area contributed by atoms with E-state index >= 15 is 0 Å². The lowest BCUT2D eigenvalue weighted by atomic mass is 9.88. The van der Waals surface area contributed by atoms with Gasteiger partial charge in [-0.3, -0.25) is 9.59 Å². The highest BCUT2D eigenvalue weighted by Crippen LogP contribution is 2.46. The minimum absolute atomic E-state index is 0.185. The van der Waals surface area contributed by atoms with Crippen molar-refractivity contribution >= 4 is 11.9 Å². The summed E-state index contributed by atoms with van der Waals surface area (Å²) in [6.45, 7) is 2.79. The number of carboxylic acid groups (broad SMARTS) is 1. The van der Waals surface area contributed by atoms with Gasteiger partial charge in [0.05, 0.1) is 0 Å². The van der Waals surface area contributed by atoms with E-state index in [4.69, 9.17) is 5.11 Å². The van der Waals surface area contributed by atoms with Crippen LogP contribution in [0.25, 0.3) is 0 Å². The van der Waals surface area contributed by atoms with E-state index in [1.807, 2.05) is 0 Å². The maximum absolute atomic E-state index is 11.8. The Labute approximate surface area is 95.4 Å². The fraction of sp³-hybridized carbons (Fsp3) is 0.833. The van der Waals surface area contributed by atoms with Gasteiger partial charge in [0.1, 0.15) is 5.41 Å². The Hall–Kier alpha value is -1.06. The third kappa shape index (κ3) is 1.93. The highest BCUT2D eigenvalue weighted by molar-refractivity contribution is 6.04. The quantitative estimate of drug-likeness (QED) is 0.713. The molecule has 0 unspecified atom stereocenters. The van der Waals surface area contributed by atoms with Crippen molar-refractivity contribution in [2.75, 3.05) is 6.54 Å². The first kappa shape index (κ1) is 11.4. The maximum Gasteiger partial charge on any atom is 0.319 e. The van der Waals surface area contributed by atoms with Crippen molar-refractivity contribution in [1.29, 1.82) is 0 Å². The zero-order valence-electron chi connectivity index (χ0n) is 9.71. The first-order valence-electron chi connectivity index (χ1n) is 6.00. The van der Waals surface area contributed by atoms with Gasteiger partial charge in [0.25, 0.3) is 0 Å². The van der Waals surface area contributed by atoms with Gasteiger partial charge in [-0.25, -0.2) is 0 Å². The minimum atomic E-state index is -1.09. The van der Waals surface area contributed by atoms with Crippen LogP contribution < -0.4 is 5.32 Å². The Morgan fingerprint density at radius 2 is 1.75 bits per heavy atom. The molecule has 0 saturated heterocycles. The lowest BCUT2D eigenvalue weighted by Crippen LogP contribution is -2.41. The summed E-state index contributed by atoms with van der Waals surface area (Å²) in [5.74, 6) is -1.25. The second kappa shape index (κ2) is 3.75. The van der Waals surface area contributed by atoms with Crippen LogP contribution in [0.15, 0.2) is 0 Å². The van der Waals surface area contributed by atoms with Gasteiger partial charge in [0.2, 0.25) is 5.91 Å². The van der Waals surface area contributed by atoms with Gasteiger partial charge in [-0.1, -0.05) is 19.8 Å². The highest BCUT2D eigenvalue weighted by Gasteiger charge is 2.57. The number of hydrogen-bond donors (Lipinski definition) is 2. The molecule has 2 aliphatic rings. The van der Waals surface area contributed by atoms with Crippen LogP contribution in [0.1, 0.15) is 45.4 Å². The number of aliphatic carboxylic acids is 1. The Morgan fingerprint density at radius 1 is 1.19 bits per heavy atom. The van der Waals surface area contributed by atoms with Crippen molar-refractivity contribution in [3.8, 4) is 0 Å². The molecule has 0 atom stereocenters. The summed E-state index contributed by atoms with van der Waals surface area (Å²) >= 11 is 0. The molecule has 4 heteroatoms. The van der Waals surface area contributed by atoms with Gasteiger partial charge in [0.15, 0.2) is 0 Å². The lowest BCUT2D eigenvalue weighted by molar-refractivity contribution is -0.149. The number of rotatable bonds is 4. The van der Waals surface area contributed by atoms with Gasteiger partial charge in [0, 0.05) is 6.54 Å². The van der Waals surface area contributed by atoms with E-state index in [1.54, 1.807) is 0 Å². The van der Waals surface area contributed by atoms with E-state index in [-0.39, 0.29) is 11.3 Å². The summed E-state index contributed by atoms with van der Waals surface area (Å²) in [6, 6.07) is 0. The second-order valence-corrected chi connectivity index (χ2v) is 5.59. The largest absolute Gasteiger partial charge is 0.480 e. The smallest absolute Gasteiger partial charge is 0.319 e. The molecule has 4 nitrogen and oxygen atoms in total. The lowest BCUT2D eigenvalue weighted by Gasteiger charge is -2.24. The summed E-state index contributed by atoms with van der Waals surface area (Å²) in [4.78, 5) is 22.7. The van der Waals surface area contributed by atoms with Crippen LogP contribution >= 0.6 is 0 Å². The Balaban J connectivity index is 1.87. The van der Waals surface area contributed by atoms with Crippen molar-refractivity contribution in [1.82, 2.24) is 5.32 Å². The fourth-order valence-electron chi connectivity index (χ4n) is 2.53. The van der Waals surface area contributed by atoms with E-state index in [0.717, 1.165) is 12.8 Å². The predicted molar refractivity (Wildman–Crippen MR) is 58.9 cm³/mol. The van der Waals surface area contributed by atoms with Gasteiger partial charge >= 0.3 is 5.97 Å². The Bertz CT molecular complexity index is 314. The summed E-state index contributed by atoms with van der Waals surface area (Å²) in [5, 5.41) is 11.8. The van der Waals surface area contributed by atoms with Gasteiger partial charge < -0.3 is 10.4 Å². The van der Waals surface area contributed by atoms with Crippen LogP contribution in [-0.4, -0.2) is 23.5 Å². The molecule has 0 aromatic carbocycles. The molecule has 0 radical (unpaired) electrons. The van der Waals surface area contributed by atoms with Crippen molar-refractivity contribution in [2.45, 2.75) is 45.4 Å². The van der Waals surface area contributed by atoms with Gasteiger partial charge in [-0.05, 0) is 31.1 Å². The molecular weight excluding hydrogens is 206 g/mol. The summed E-state index contributed by atoms with van der Waals surface area (Å²) in [6.07, 6.45) is 5.68. The Morgan fingerprint density at radius 3 is 2.19 bits per heavy atom. The zero-order valence-corrected chi connectivity index (χ0v) is 9.71. The number of amides is 1. The average Bonchev–Trinajstić information content (AvgIpc) is 2.95. The monoisotopic (exact) mass is 225 g/mol. The molecule has 90 valence electrons. The number of nitrogens with one attached hydrogen (secondary N) is 1. The van der Waals surface area contributed by atoms with E-state index in [0.29, 0.717) is 19.4 Å². The zero-order chi connectivity index (χ0) is 11.8. The summed E-state index contributed by atoms with van der Waals surface area (Å²) in [7, 11) is 0. The maximum atomic E-state index is 11.8. The average molecular weight is 225 g/mol. The number of carboxylic acids is 1. The molecule has 0 aliphatic heterocycles. The van der Waals surface area contributed by atoms with Crippen LogP contribution in [0.2, 0.25) is 0 Å². The van der Waals surface area contributed by atoms with Crippen LogP contribution in [-0.2, 0) is 9.59 Å². The third-order valence-electron chi connectivity index (χ3n) is 4.08. The van der Waals surface area contributed by atoms with Crippen LogP contribution in [0, 0.1) is 10.8 Å². The van der Waals surface area contributed by atoms with E-state index < -0.39 is 11.4 Å². The predicted octanol–water partition coefficient (Wildman–Crippen LogP) is 1.55. The molecular formula is C12H19NO3. The molecule has 2 saturated carbocycles. The molecule has 0 heterocycles. The van der Waals surface area contributed by atoms with E-state index in [2.05, 4.69) is 12.2 Å². The highest BCUT2D eigenvalue weighted by atomic mass is 16.4. The third-order valence-corrected chi connectivity index (χ3v) is 4.08. The van der Waals surface area contributed by atoms with Crippen molar-refractivity contribution in [3.05, 3.63) is 0 Å². The van der Waals surface area contributed by atoms with Crippen LogP contribution in [0.4, 0.5) is 0 Å². The first-order chi connectivity index (χ1) is 7.49. The van der Waals surface area contributed by atoms with Crippen LogP contribution in [0.3, 0.4) is 0 Å². The molecule has 2 fully saturated rings. The summed E-state index contributed by atoms with van der Waals surface area (Å²) < 4.78 is 0. The minimum Gasteiger partial charge on any atom is -0.480 e. The molecule has 2 rings (SSSR count). The van der Waals surface area contributed by atoms with E-state index in [1.165, 1.54) is 12.8 Å². The van der Waals surface area contributed by atoms with Gasteiger partial charge in [-0.2, -0.15) is 0 Å². The summed E-state index contributed by atoms with van der Waals surface area (Å²) in [5.41, 5.74) is -0.904. The SMILES string of the molecule is CC1(CNC(=O)C2(C(=O)O)CC2)CCCC1. The Kier molecular flexibility index (Phi) is 2.68. The number of carbonyl (C=O) groups is 2. The molecule has 0 bridgehead atoms. The molecule has 1 amide bonds. The molecule has 0 aromatic heterocycles. The number of hydrogen-bond acceptors (Lipinski definition) is 2. The van der Waals surface area contributed by atoms with Gasteiger partial charge in [-0.15, -0.1) is 0 Å². The normalized spacial score (nSPS) is 25.1. The molecule has 0 spiro atoms. The standard InChI is InChI=1S/C12H19NO3/c1-11(4-2-3-5-11)8-13-9(14)12(6-7-12)10(15)16/h2-8H2,1H3,(H,13,14)(H,15,16). The van der Waals surface area contributed by atoms with Crippen LogP contribution in [0.5, 0.6) is 0 Å². The molecule has 2 aliphatic carbocycles. The van der Waals surface area contributed by atoms with Crippen molar-refractivity contribution in [2.24, 2.45) is 10.8 Å². The second-order valence-electron chi connectivity index (χ2n) is 5.59. The topological polar surface area (TPSA) is 66.4 Å². The fourth-order valence-corrected chi connectivity index (χ4v) is 2.53. The molecule has 0 aromatic rings. The number of carbonyl (C=O) groups excluding carboxylic acids is 1. The van der Waals surface area contributed by atoms with E-state index in [9.17, 15) is 9.59 Å². The van der Waals surface area contributed by atoms with Crippen molar-refractivity contribution in [3.63, 3.8) is 0 Å².